The van der Waals surface area contributed by atoms with Crippen LogP contribution in [0, 0.1) is 13.8 Å². The average Bonchev–Trinajstić information content (AvgIpc) is 2.69. The molecule has 0 bridgehead atoms. The SMILES string of the molecule is CCc1cccc(C)c1NC(=O)c1cc(S(=O)(=O)N2CCCCC2C)ccc1C. The van der Waals surface area contributed by atoms with E-state index in [-0.39, 0.29) is 16.8 Å². The molecule has 1 unspecified atom stereocenters. The number of sulfonamides is 1. The van der Waals surface area contributed by atoms with Crippen LogP contribution < -0.4 is 5.32 Å². The number of piperidine rings is 1. The molecule has 3 rings (SSSR count). The summed E-state index contributed by atoms with van der Waals surface area (Å²) in [4.78, 5) is 13.2. The van der Waals surface area contributed by atoms with Crippen molar-refractivity contribution < 1.29 is 13.2 Å². The zero-order chi connectivity index (χ0) is 21.2. The molecule has 156 valence electrons. The fraction of sp³-hybridized carbons (Fsp3) is 0.435. The molecule has 1 heterocycles. The predicted molar refractivity (Wildman–Crippen MR) is 117 cm³/mol. The molecule has 1 N–H and O–H groups in total. The van der Waals surface area contributed by atoms with Crippen LogP contribution in [-0.4, -0.2) is 31.2 Å². The van der Waals surface area contributed by atoms with Gasteiger partial charge in [-0.2, -0.15) is 4.31 Å². The highest BCUT2D eigenvalue weighted by atomic mass is 32.2. The van der Waals surface area contributed by atoms with Gasteiger partial charge in [0.25, 0.3) is 5.91 Å². The summed E-state index contributed by atoms with van der Waals surface area (Å²) in [7, 11) is -3.62. The van der Waals surface area contributed by atoms with Gasteiger partial charge in [0, 0.05) is 23.8 Å². The summed E-state index contributed by atoms with van der Waals surface area (Å²) in [5.74, 6) is -0.282. The largest absolute Gasteiger partial charge is 0.321 e. The van der Waals surface area contributed by atoms with Gasteiger partial charge in [0.15, 0.2) is 0 Å². The van der Waals surface area contributed by atoms with Crippen LogP contribution in [0.25, 0.3) is 0 Å². The highest BCUT2D eigenvalue weighted by molar-refractivity contribution is 7.89. The zero-order valence-corrected chi connectivity index (χ0v) is 18.5. The van der Waals surface area contributed by atoms with E-state index in [2.05, 4.69) is 5.32 Å². The van der Waals surface area contributed by atoms with Crippen LogP contribution in [0.2, 0.25) is 0 Å². The molecule has 0 saturated carbocycles. The second-order valence-corrected chi connectivity index (χ2v) is 9.74. The lowest BCUT2D eigenvalue weighted by atomic mass is 10.0. The summed E-state index contributed by atoms with van der Waals surface area (Å²) < 4.78 is 28.0. The van der Waals surface area contributed by atoms with E-state index in [0.29, 0.717) is 12.1 Å². The molecule has 2 aromatic carbocycles. The highest BCUT2D eigenvalue weighted by Gasteiger charge is 2.31. The Kier molecular flexibility index (Phi) is 6.44. The molecular weight excluding hydrogens is 384 g/mol. The zero-order valence-electron chi connectivity index (χ0n) is 17.7. The van der Waals surface area contributed by atoms with Crippen molar-refractivity contribution in [2.75, 3.05) is 11.9 Å². The van der Waals surface area contributed by atoms with E-state index in [9.17, 15) is 13.2 Å². The molecule has 0 spiro atoms. The first-order valence-corrected chi connectivity index (χ1v) is 11.7. The first-order valence-electron chi connectivity index (χ1n) is 10.3. The predicted octanol–water partition coefficient (Wildman–Crippen LogP) is 4.68. The van der Waals surface area contributed by atoms with Gasteiger partial charge in [0.1, 0.15) is 0 Å². The topological polar surface area (TPSA) is 66.5 Å². The van der Waals surface area contributed by atoms with Crippen LogP contribution in [-0.2, 0) is 16.4 Å². The molecule has 0 radical (unpaired) electrons. The van der Waals surface area contributed by atoms with Gasteiger partial charge in [-0.1, -0.05) is 37.6 Å². The van der Waals surface area contributed by atoms with Gasteiger partial charge in [-0.05, 0) is 68.9 Å². The number of amides is 1. The third kappa shape index (κ3) is 4.38. The molecule has 2 aromatic rings. The molecule has 1 amide bonds. The first-order chi connectivity index (χ1) is 13.8. The summed E-state index contributed by atoms with van der Waals surface area (Å²) in [6.45, 7) is 8.31. The highest BCUT2D eigenvalue weighted by Crippen LogP contribution is 2.27. The van der Waals surface area contributed by atoms with Crippen LogP contribution in [0.15, 0.2) is 41.3 Å². The van der Waals surface area contributed by atoms with Crippen molar-refractivity contribution in [2.24, 2.45) is 0 Å². The van der Waals surface area contributed by atoms with Gasteiger partial charge >= 0.3 is 0 Å². The molecule has 29 heavy (non-hydrogen) atoms. The number of nitrogens with one attached hydrogen (secondary N) is 1. The molecule has 1 atom stereocenters. The minimum Gasteiger partial charge on any atom is -0.321 e. The molecule has 5 nitrogen and oxygen atoms in total. The lowest BCUT2D eigenvalue weighted by molar-refractivity contribution is 0.102. The maximum absolute atomic E-state index is 13.2. The molecule has 1 fully saturated rings. The van der Waals surface area contributed by atoms with Crippen molar-refractivity contribution in [3.63, 3.8) is 0 Å². The van der Waals surface area contributed by atoms with E-state index in [1.165, 1.54) is 6.07 Å². The van der Waals surface area contributed by atoms with Crippen molar-refractivity contribution in [1.82, 2.24) is 4.31 Å². The number of benzene rings is 2. The lowest BCUT2D eigenvalue weighted by Gasteiger charge is -2.32. The Labute approximate surface area is 174 Å². The number of para-hydroxylation sites is 1. The van der Waals surface area contributed by atoms with Crippen LogP contribution in [0.3, 0.4) is 0 Å². The van der Waals surface area contributed by atoms with Gasteiger partial charge < -0.3 is 5.32 Å². The monoisotopic (exact) mass is 414 g/mol. The number of anilines is 1. The molecular formula is C23H30N2O3S. The van der Waals surface area contributed by atoms with Crippen LogP contribution in [0.4, 0.5) is 5.69 Å². The van der Waals surface area contributed by atoms with Crippen molar-refractivity contribution in [1.29, 1.82) is 0 Å². The third-order valence-corrected chi connectivity index (χ3v) is 7.79. The Hall–Kier alpha value is -2.18. The second kappa shape index (κ2) is 8.67. The summed E-state index contributed by atoms with van der Waals surface area (Å²) in [6, 6.07) is 10.7. The smallest absolute Gasteiger partial charge is 0.255 e. The normalized spacial score (nSPS) is 17.9. The van der Waals surface area contributed by atoms with Crippen molar-refractivity contribution in [3.05, 3.63) is 58.7 Å². The Bertz CT molecular complexity index is 1010. The Morgan fingerprint density at radius 2 is 1.90 bits per heavy atom. The first kappa shape index (κ1) is 21.5. The fourth-order valence-corrected chi connectivity index (χ4v) is 5.68. The Balaban J connectivity index is 1.94. The summed E-state index contributed by atoms with van der Waals surface area (Å²) in [6.07, 6.45) is 3.59. The Morgan fingerprint density at radius 1 is 1.14 bits per heavy atom. The molecule has 0 aromatic heterocycles. The quantitative estimate of drug-likeness (QED) is 0.772. The van der Waals surface area contributed by atoms with E-state index in [4.69, 9.17) is 0 Å². The van der Waals surface area contributed by atoms with Gasteiger partial charge in [0.2, 0.25) is 10.0 Å². The molecule has 1 aliphatic heterocycles. The van der Waals surface area contributed by atoms with Crippen LogP contribution in [0.5, 0.6) is 0 Å². The number of aryl methyl sites for hydroxylation is 3. The third-order valence-electron chi connectivity index (χ3n) is 5.78. The Morgan fingerprint density at radius 3 is 2.59 bits per heavy atom. The number of hydrogen-bond acceptors (Lipinski definition) is 3. The standard InChI is InChI=1S/C23H30N2O3S/c1-5-19-11-8-9-17(3)22(19)24-23(26)21-15-20(13-12-16(21)2)29(27,28)25-14-7-6-10-18(25)4/h8-9,11-13,15,18H,5-7,10,14H2,1-4H3,(H,24,26). The van der Waals surface area contributed by atoms with Gasteiger partial charge in [-0.25, -0.2) is 8.42 Å². The van der Waals surface area contributed by atoms with E-state index in [1.54, 1.807) is 16.4 Å². The lowest BCUT2D eigenvalue weighted by Crippen LogP contribution is -2.42. The summed E-state index contributed by atoms with van der Waals surface area (Å²) in [5, 5.41) is 3.01. The van der Waals surface area contributed by atoms with E-state index in [1.807, 2.05) is 45.9 Å². The minimum atomic E-state index is -3.62. The maximum Gasteiger partial charge on any atom is 0.255 e. The minimum absolute atomic E-state index is 0.0218. The van der Waals surface area contributed by atoms with E-state index < -0.39 is 10.0 Å². The average molecular weight is 415 g/mol. The number of hydrogen-bond donors (Lipinski definition) is 1. The maximum atomic E-state index is 13.2. The van der Waals surface area contributed by atoms with Crippen molar-refractivity contribution in [3.8, 4) is 0 Å². The van der Waals surface area contributed by atoms with Crippen molar-refractivity contribution >= 4 is 21.6 Å². The van der Waals surface area contributed by atoms with Crippen LogP contribution >= 0.6 is 0 Å². The molecule has 1 saturated heterocycles. The molecule has 6 heteroatoms. The fourth-order valence-electron chi connectivity index (χ4n) is 3.95. The van der Waals surface area contributed by atoms with Gasteiger partial charge in [0.05, 0.1) is 4.90 Å². The number of carbonyl (C=O) groups excluding carboxylic acids is 1. The number of nitrogens with zero attached hydrogens (tertiary/aromatic N) is 1. The molecule has 1 aliphatic rings. The number of carbonyl (C=O) groups is 1. The summed E-state index contributed by atoms with van der Waals surface area (Å²) >= 11 is 0. The second-order valence-electron chi connectivity index (χ2n) is 7.85. The van der Waals surface area contributed by atoms with E-state index >= 15 is 0 Å². The van der Waals surface area contributed by atoms with Crippen LogP contribution in [0.1, 0.15) is 60.2 Å². The molecule has 0 aliphatic carbocycles. The van der Waals surface area contributed by atoms with Gasteiger partial charge in [-0.15, -0.1) is 0 Å². The van der Waals surface area contributed by atoms with E-state index in [0.717, 1.165) is 48.1 Å². The summed E-state index contributed by atoms with van der Waals surface area (Å²) in [5.41, 5.74) is 3.99. The van der Waals surface area contributed by atoms with Crippen molar-refractivity contribution in [2.45, 2.75) is 64.3 Å². The number of rotatable bonds is 5. The van der Waals surface area contributed by atoms with Gasteiger partial charge in [-0.3, -0.25) is 4.79 Å².